The van der Waals surface area contributed by atoms with E-state index in [0.29, 0.717) is 6.42 Å². The standard InChI is InChI=1S/C27H48N2O8/c1-21(31)16-18-23(27(36)37)29-25(33)19-17-22(20-30)28-24(32)14-12-10-8-6-4-2-3-5-7-9-11-13-15-26(34)35/h22-23,30H,2-20H2,1H3,(H,28,32)(H,29,33)(H,34,35)(H,36,37). The van der Waals surface area contributed by atoms with E-state index in [1.54, 1.807) is 0 Å². The van der Waals surface area contributed by atoms with Crippen LogP contribution in [0.25, 0.3) is 0 Å². The summed E-state index contributed by atoms with van der Waals surface area (Å²) in [5, 5.41) is 32.4. The average molecular weight is 529 g/mol. The van der Waals surface area contributed by atoms with Gasteiger partial charge < -0.3 is 30.7 Å². The number of aliphatic carboxylic acids is 2. The van der Waals surface area contributed by atoms with Gasteiger partial charge in [-0.15, -0.1) is 0 Å². The molecule has 0 aliphatic rings. The summed E-state index contributed by atoms with van der Waals surface area (Å²) in [7, 11) is 0. The van der Waals surface area contributed by atoms with Crippen LogP contribution in [0.1, 0.15) is 122 Å². The van der Waals surface area contributed by atoms with E-state index < -0.39 is 29.9 Å². The molecule has 0 bridgehead atoms. The fourth-order valence-corrected chi connectivity index (χ4v) is 4.02. The molecular weight excluding hydrogens is 480 g/mol. The fraction of sp³-hybridized carbons (Fsp3) is 0.815. The van der Waals surface area contributed by atoms with Gasteiger partial charge in [-0.2, -0.15) is 0 Å². The van der Waals surface area contributed by atoms with Crippen molar-refractivity contribution in [3.8, 4) is 0 Å². The van der Waals surface area contributed by atoms with Crippen LogP contribution in [0.4, 0.5) is 0 Å². The Hall–Kier alpha value is -2.49. The van der Waals surface area contributed by atoms with E-state index >= 15 is 0 Å². The van der Waals surface area contributed by atoms with Crippen molar-refractivity contribution in [2.24, 2.45) is 0 Å². The molecule has 2 amide bonds. The van der Waals surface area contributed by atoms with Crippen molar-refractivity contribution in [3.63, 3.8) is 0 Å². The number of rotatable bonds is 25. The highest BCUT2D eigenvalue weighted by molar-refractivity contribution is 5.84. The number of hydrogen-bond acceptors (Lipinski definition) is 6. The predicted octanol–water partition coefficient (Wildman–Crippen LogP) is 3.73. The first kappa shape index (κ1) is 34.5. The normalized spacial score (nSPS) is 12.5. The molecule has 0 radical (unpaired) electrons. The van der Waals surface area contributed by atoms with Gasteiger partial charge in [0.15, 0.2) is 0 Å². The number of carboxylic acid groups (broad SMARTS) is 2. The van der Waals surface area contributed by atoms with Crippen LogP contribution in [0, 0.1) is 0 Å². The van der Waals surface area contributed by atoms with E-state index in [9.17, 15) is 34.2 Å². The number of carbonyl (C=O) groups is 5. The summed E-state index contributed by atoms with van der Waals surface area (Å²) in [6.45, 7) is 1.05. The first-order chi connectivity index (χ1) is 17.6. The Morgan fingerprint density at radius 3 is 1.49 bits per heavy atom. The van der Waals surface area contributed by atoms with Crippen LogP contribution in [0.2, 0.25) is 0 Å². The molecule has 10 nitrogen and oxygen atoms in total. The van der Waals surface area contributed by atoms with Crippen molar-refractivity contribution >= 4 is 29.5 Å². The largest absolute Gasteiger partial charge is 0.481 e. The zero-order valence-corrected chi connectivity index (χ0v) is 22.5. The average Bonchev–Trinajstić information content (AvgIpc) is 2.83. The quantitative estimate of drug-likeness (QED) is 0.112. The predicted molar refractivity (Wildman–Crippen MR) is 140 cm³/mol. The van der Waals surface area contributed by atoms with Gasteiger partial charge in [0, 0.05) is 25.7 Å². The molecule has 0 rings (SSSR count). The van der Waals surface area contributed by atoms with Crippen LogP contribution < -0.4 is 10.6 Å². The highest BCUT2D eigenvalue weighted by Crippen LogP contribution is 2.13. The van der Waals surface area contributed by atoms with Crippen molar-refractivity contribution in [2.75, 3.05) is 6.61 Å². The van der Waals surface area contributed by atoms with Crippen LogP contribution in [-0.4, -0.2) is 63.5 Å². The summed E-state index contributed by atoms with van der Waals surface area (Å²) < 4.78 is 0. The summed E-state index contributed by atoms with van der Waals surface area (Å²) in [4.78, 5) is 56.9. The van der Waals surface area contributed by atoms with Crippen LogP contribution in [0.5, 0.6) is 0 Å². The zero-order valence-electron chi connectivity index (χ0n) is 22.5. The number of unbranched alkanes of at least 4 members (excludes halogenated alkanes) is 11. The number of nitrogens with one attached hydrogen (secondary N) is 2. The molecule has 0 aromatic carbocycles. The second-order valence-corrected chi connectivity index (χ2v) is 9.82. The third kappa shape index (κ3) is 22.4. The maximum absolute atomic E-state index is 12.1. The van der Waals surface area contributed by atoms with E-state index in [0.717, 1.165) is 51.4 Å². The monoisotopic (exact) mass is 528 g/mol. The lowest BCUT2D eigenvalue weighted by atomic mass is 10.0. The summed E-state index contributed by atoms with van der Waals surface area (Å²) >= 11 is 0. The van der Waals surface area contributed by atoms with E-state index in [1.165, 1.54) is 32.6 Å². The Bertz CT molecular complexity index is 683. The molecule has 0 aromatic heterocycles. The van der Waals surface area contributed by atoms with Crippen molar-refractivity contribution in [3.05, 3.63) is 0 Å². The molecule has 0 spiro atoms. The van der Waals surface area contributed by atoms with Gasteiger partial charge in [0.25, 0.3) is 0 Å². The van der Waals surface area contributed by atoms with Gasteiger partial charge >= 0.3 is 11.9 Å². The van der Waals surface area contributed by atoms with Gasteiger partial charge in [0.2, 0.25) is 11.8 Å². The number of aliphatic hydroxyl groups excluding tert-OH is 1. The van der Waals surface area contributed by atoms with Crippen LogP contribution in [0.3, 0.4) is 0 Å². The Morgan fingerprint density at radius 2 is 1.05 bits per heavy atom. The number of Topliss-reactive ketones (excluding diaryl/α,β-unsaturated/α-hetero) is 1. The van der Waals surface area contributed by atoms with Crippen LogP contribution in [0.15, 0.2) is 0 Å². The summed E-state index contributed by atoms with van der Waals surface area (Å²) in [6, 6.07) is -1.71. The van der Waals surface area contributed by atoms with Crippen LogP contribution in [-0.2, 0) is 24.0 Å². The molecule has 0 saturated heterocycles. The Balaban J connectivity index is 3.81. The van der Waals surface area contributed by atoms with E-state index in [1.807, 2.05) is 0 Å². The molecule has 5 N–H and O–H groups in total. The fourth-order valence-electron chi connectivity index (χ4n) is 4.02. The molecule has 0 aromatic rings. The number of ketones is 1. The lowest BCUT2D eigenvalue weighted by Crippen LogP contribution is -2.42. The topological polar surface area (TPSA) is 170 Å². The van der Waals surface area contributed by atoms with Crippen LogP contribution >= 0.6 is 0 Å². The minimum Gasteiger partial charge on any atom is -0.481 e. The van der Waals surface area contributed by atoms with Crippen molar-refractivity contribution in [1.29, 1.82) is 0 Å². The molecule has 0 saturated carbocycles. The molecule has 0 aliphatic heterocycles. The molecular formula is C27H48N2O8. The maximum atomic E-state index is 12.1. The summed E-state index contributed by atoms with van der Waals surface area (Å²) in [5.41, 5.74) is 0. The first-order valence-electron chi connectivity index (χ1n) is 13.8. The molecule has 2 unspecified atom stereocenters. The molecule has 214 valence electrons. The summed E-state index contributed by atoms with van der Waals surface area (Å²) in [6.07, 6.45) is 13.6. The second-order valence-electron chi connectivity index (χ2n) is 9.82. The molecule has 37 heavy (non-hydrogen) atoms. The van der Waals surface area contributed by atoms with Gasteiger partial charge in [0.1, 0.15) is 11.8 Å². The molecule has 10 heteroatoms. The van der Waals surface area contributed by atoms with Gasteiger partial charge in [-0.3, -0.25) is 14.4 Å². The highest BCUT2D eigenvalue weighted by atomic mass is 16.4. The Kier molecular flexibility index (Phi) is 21.2. The Labute approximate surface area is 221 Å². The minimum atomic E-state index is -1.21. The van der Waals surface area contributed by atoms with Gasteiger partial charge in [0.05, 0.1) is 12.6 Å². The Morgan fingerprint density at radius 1 is 0.595 bits per heavy atom. The van der Waals surface area contributed by atoms with Gasteiger partial charge in [-0.25, -0.2) is 4.79 Å². The zero-order chi connectivity index (χ0) is 27.9. The third-order valence-corrected chi connectivity index (χ3v) is 6.27. The number of carbonyl (C=O) groups excluding carboxylic acids is 3. The smallest absolute Gasteiger partial charge is 0.326 e. The number of hydrogen-bond donors (Lipinski definition) is 5. The van der Waals surface area contributed by atoms with Gasteiger partial charge in [-0.05, 0) is 32.6 Å². The molecule has 0 aliphatic carbocycles. The maximum Gasteiger partial charge on any atom is 0.326 e. The molecule has 0 fully saturated rings. The second kappa shape index (κ2) is 22.7. The number of amides is 2. The summed E-state index contributed by atoms with van der Waals surface area (Å²) in [5.74, 6) is -2.75. The highest BCUT2D eigenvalue weighted by Gasteiger charge is 2.21. The number of carboxylic acids is 2. The number of aliphatic hydroxyl groups is 1. The lowest BCUT2D eigenvalue weighted by molar-refractivity contribution is -0.142. The van der Waals surface area contributed by atoms with E-state index in [-0.39, 0.29) is 50.4 Å². The first-order valence-corrected chi connectivity index (χ1v) is 13.8. The molecule has 0 heterocycles. The van der Waals surface area contributed by atoms with Crippen molar-refractivity contribution < 1.29 is 39.3 Å². The van der Waals surface area contributed by atoms with Crippen molar-refractivity contribution in [1.82, 2.24) is 10.6 Å². The third-order valence-electron chi connectivity index (χ3n) is 6.27. The molecule has 2 atom stereocenters. The SMILES string of the molecule is CC(=O)CCC(NC(=O)CCC(CO)NC(=O)CCCCCCCCCCCCCCC(=O)O)C(=O)O. The van der Waals surface area contributed by atoms with E-state index in [4.69, 9.17) is 5.11 Å². The minimum absolute atomic E-state index is 0.0220. The van der Waals surface area contributed by atoms with Crippen molar-refractivity contribution in [2.45, 2.75) is 135 Å². The van der Waals surface area contributed by atoms with E-state index in [2.05, 4.69) is 10.6 Å². The van der Waals surface area contributed by atoms with Gasteiger partial charge in [-0.1, -0.05) is 64.2 Å². The lowest BCUT2D eigenvalue weighted by Gasteiger charge is -2.18.